The van der Waals surface area contributed by atoms with Crippen LogP contribution in [-0.2, 0) is 0 Å². The Morgan fingerprint density at radius 1 is 1.19 bits per heavy atom. The number of nitrogens with zero attached hydrogens (tertiary/aromatic N) is 2. The van der Waals surface area contributed by atoms with Gasteiger partial charge in [0.05, 0.1) is 17.8 Å². The number of hydrogen-bond acceptors (Lipinski definition) is 5. The number of amides is 1. The number of aromatic nitrogens is 2. The van der Waals surface area contributed by atoms with E-state index in [1.807, 2.05) is 59.1 Å². The molecule has 2 aromatic rings. The van der Waals surface area contributed by atoms with E-state index >= 15 is 0 Å². The summed E-state index contributed by atoms with van der Waals surface area (Å²) < 4.78 is 5.84. The van der Waals surface area contributed by atoms with Crippen LogP contribution in [0.3, 0.4) is 0 Å². The molecular formula is C20H27N3O2S. The van der Waals surface area contributed by atoms with Crippen molar-refractivity contribution in [3.05, 3.63) is 46.4 Å². The molecule has 2 rings (SSSR count). The second-order valence-corrected chi connectivity index (χ2v) is 7.33. The van der Waals surface area contributed by atoms with Gasteiger partial charge in [0.25, 0.3) is 5.91 Å². The molecule has 0 spiro atoms. The van der Waals surface area contributed by atoms with Gasteiger partial charge in [0.1, 0.15) is 23.2 Å². The minimum atomic E-state index is -0.160. The Morgan fingerprint density at radius 3 is 2.42 bits per heavy atom. The Morgan fingerprint density at radius 2 is 1.85 bits per heavy atom. The summed E-state index contributed by atoms with van der Waals surface area (Å²) >= 11 is 1.47. The lowest BCUT2D eigenvalue weighted by Crippen LogP contribution is -2.30. The second kappa shape index (κ2) is 9.03. The van der Waals surface area contributed by atoms with E-state index in [2.05, 4.69) is 15.3 Å². The molecule has 1 heterocycles. The minimum Gasteiger partial charge on any atom is -0.491 e. The van der Waals surface area contributed by atoms with Crippen LogP contribution in [0.25, 0.3) is 0 Å². The van der Waals surface area contributed by atoms with Crippen LogP contribution >= 0.6 is 11.8 Å². The standard InChI is InChI=1S/C20H27N3O2S/c1-12(2)18-22-15(5)16(20(23-18)26-6)19(24)21-10-11-25-17-13(3)8-7-9-14(17)4/h7-9,12H,10-11H2,1-6H3,(H,21,24). The monoisotopic (exact) mass is 373 g/mol. The molecule has 1 aromatic heterocycles. The molecule has 5 nitrogen and oxygen atoms in total. The minimum absolute atomic E-state index is 0.160. The van der Waals surface area contributed by atoms with Crippen LogP contribution < -0.4 is 10.1 Å². The average molecular weight is 374 g/mol. The summed E-state index contributed by atoms with van der Waals surface area (Å²) in [6.45, 7) is 10.8. The fraction of sp³-hybridized carbons (Fsp3) is 0.450. The molecule has 0 aliphatic heterocycles. The first-order valence-electron chi connectivity index (χ1n) is 8.74. The Bertz CT molecular complexity index is 771. The van der Waals surface area contributed by atoms with Crippen LogP contribution in [0.1, 0.15) is 52.8 Å². The van der Waals surface area contributed by atoms with Crippen molar-refractivity contribution < 1.29 is 9.53 Å². The summed E-state index contributed by atoms with van der Waals surface area (Å²) in [5.74, 6) is 1.71. The van der Waals surface area contributed by atoms with E-state index in [0.717, 1.165) is 27.7 Å². The molecular weight excluding hydrogens is 346 g/mol. The first kappa shape index (κ1) is 20.2. The highest BCUT2D eigenvalue weighted by atomic mass is 32.2. The molecule has 0 unspecified atom stereocenters. The van der Waals surface area contributed by atoms with Gasteiger partial charge >= 0.3 is 0 Å². The van der Waals surface area contributed by atoms with Gasteiger partial charge in [-0.2, -0.15) is 0 Å². The first-order chi connectivity index (χ1) is 12.3. The second-order valence-electron chi connectivity index (χ2n) is 6.53. The lowest BCUT2D eigenvalue weighted by molar-refractivity contribution is 0.0942. The SMILES string of the molecule is CSc1nc(C(C)C)nc(C)c1C(=O)NCCOc1c(C)cccc1C. The molecule has 26 heavy (non-hydrogen) atoms. The number of aryl methyl sites for hydroxylation is 3. The van der Waals surface area contributed by atoms with Crippen molar-refractivity contribution in [1.82, 2.24) is 15.3 Å². The maximum atomic E-state index is 12.6. The number of rotatable bonds is 7. The summed E-state index contributed by atoms with van der Waals surface area (Å²) in [4.78, 5) is 21.6. The molecule has 0 bridgehead atoms. The number of thioether (sulfide) groups is 1. The van der Waals surface area contributed by atoms with Crippen molar-refractivity contribution in [2.75, 3.05) is 19.4 Å². The largest absolute Gasteiger partial charge is 0.491 e. The predicted octanol–water partition coefficient (Wildman–Crippen LogP) is 4.06. The maximum absolute atomic E-state index is 12.6. The van der Waals surface area contributed by atoms with Gasteiger partial charge < -0.3 is 10.1 Å². The molecule has 0 atom stereocenters. The number of ether oxygens (including phenoxy) is 1. The summed E-state index contributed by atoms with van der Waals surface area (Å²) in [6.07, 6.45) is 1.92. The molecule has 0 aliphatic carbocycles. The Kier molecular flexibility index (Phi) is 7.03. The van der Waals surface area contributed by atoms with Crippen LogP contribution in [0.15, 0.2) is 23.2 Å². The zero-order valence-electron chi connectivity index (χ0n) is 16.3. The van der Waals surface area contributed by atoms with Crippen molar-refractivity contribution in [3.63, 3.8) is 0 Å². The molecule has 0 saturated heterocycles. The van der Waals surface area contributed by atoms with Crippen LogP contribution in [0.2, 0.25) is 0 Å². The lowest BCUT2D eigenvalue weighted by Gasteiger charge is -2.15. The topological polar surface area (TPSA) is 64.1 Å². The van der Waals surface area contributed by atoms with Gasteiger partial charge in [-0.1, -0.05) is 32.0 Å². The number of nitrogens with one attached hydrogen (secondary N) is 1. The number of carbonyl (C=O) groups excluding carboxylic acids is 1. The molecule has 1 N–H and O–H groups in total. The van der Waals surface area contributed by atoms with Gasteiger partial charge in [-0.15, -0.1) is 11.8 Å². The van der Waals surface area contributed by atoms with E-state index in [-0.39, 0.29) is 11.8 Å². The van der Waals surface area contributed by atoms with Crippen LogP contribution in [0.5, 0.6) is 5.75 Å². The molecule has 0 aliphatic rings. The van der Waals surface area contributed by atoms with E-state index in [9.17, 15) is 4.79 Å². The van der Waals surface area contributed by atoms with E-state index in [4.69, 9.17) is 4.74 Å². The van der Waals surface area contributed by atoms with Gasteiger partial charge in [-0.25, -0.2) is 9.97 Å². The zero-order valence-corrected chi connectivity index (χ0v) is 17.2. The van der Waals surface area contributed by atoms with E-state index in [1.54, 1.807) is 0 Å². The molecule has 0 radical (unpaired) electrons. The van der Waals surface area contributed by atoms with E-state index in [0.29, 0.717) is 24.4 Å². The van der Waals surface area contributed by atoms with Gasteiger partial charge in [-0.3, -0.25) is 4.79 Å². The third-order valence-electron chi connectivity index (χ3n) is 4.05. The number of benzene rings is 1. The summed E-state index contributed by atoms with van der Waals surface area (Å²) in [5.41, 5.74) is 3.44. The average Bonchev–Trinajstić information content (AvgIpc) is 2.59. The normalized spacial score (nSPS) is 10.9. The number of hydrogen-bond donors (Lipinski definition) is 1. The molecule has 140 valence electrons. The molecule has 6 heteroatoms. The fourth-order valence-electron chi connectivity index (χ4n) is 2.67. The highest BCUT2D eigenvalue weighted by Gasteiger charge is 2.19. The van der Waals surface area contributed by atoms with Crippen molar-refractivity contribution in [2.24, 2.45) is 0 Å². The van der Waals surface area contributed by atoms with Gasteiger partial charge in [0.15, 0.2) is 0 Å². The Hall–Kier alpha value is -2.08. The molecule has 1 amide bonds. The highest BCUT2D eigenvalue weighted by molar-refractivity contribution is 7.98. The molecule has 0 saturated carbocycles. The van der Waals surface area contributed by atoms with Crippen molar-refractivity contribution in [2.45, 2.75) is 45.6 Å². The van der Waals surface area contributed by atoms with Crippen LogP contribution in [0, 0.1) is 20.8 Å². The number of carbonyl (C=O) groups is 1. The lowest BCUT2D eigenvalue weighted by atomic mass is 10.1. The predicted molar refractivity (Wildman–Crippen MR) is 106 cm³/mol. The molecule has 0 fully saturated rings. The van der Waals surface area contributed by atoms with E-state index in [1.165, 1.54) is 11.8 Å². The smallest absolute Gasteiger partial charge is 0.256 e. The third-order valence-corrected chi connectivity index (χ3v) is 4.74. The summed E-state index contributed by atoms with van der Waals surface area (Å²) in [7, 11) is 0. The van der Waals surface area contributed by atoms with Gasteiger partial charge in [0.2, 0.25) is 0 Å². The van der Waals surface area contributed by atoms with E-state index < -0.39 is 0 Å². The zero-order chi connectivity index (χ0) is 19.3. The van der Waals surface area contributed by atoms with Crippen molar-refractivity contribution in [1.29, 1.82) is 0 Å². The van der Waals surface area contributed by atoms with Crippen LogP contribution in [-0.4, -0.2) is 35.3 Å². The summed E-state index contributed by atoms with van der Waals surface area (Å²) in [5, 5.41) is 3.63. The summed E-state index contributed by atoms with van der Waals surface area (Å²) in [6, 6.07) is 6.04. The third kappa shape index (κ3) is 4.75. The highest BCUT2D eigenvalue weighted by Crippen LogP contribution is 2.23. The molecule has 1 aromatic carbocycles. The van der Waals surface area contributed by atoms with Gasteiger partial charge in [0, 0.05) is 5.92 Å². The van der Waals surface area contributed by atoms with Crippen LogP contribution in [0.4, 0.5) is 0 Å². The maximum Gasteiger partial charge on any atom is 0.256 e. The Balaban J connectivity index is 2.02. The van der Waals surface area contributed by atoms with Crippen molar-refractivity contribution >= 4 is 17.7 Å². The first-order valence-corrected chi connectivity index (χ1v) is 9.97. The van der Waals surface area contributed by atoms with Crippen molar-refractivity contribution in [3.8, 4) is 5.75 Å². The fourth-order valence-corrected chi connectivity index (χ4v) is 3.30. The quantitative estimate of drug-likeness (QED) is 0.450. The number of para-hydroxylation sites is 1. The Labute approximate surface area is 160 Å². The van der Waals surface area contributed by atoms with Gasteiger partial charge in [-0.05, 0) is 38.2 Å².